The number of rotatable bonds is 3. The molecule has 0 bridgehead atoms. The first-order valence-corrected chi connectivity index (χ1v) is 8.33. The van der Waals surface area contributed by atoms with Crippen molar-refractivity contribution in [3.63, 3.8) is 0 Å². The Bertz CT molecular complexity index is 1120. The third kappa shape index (κ3) is 2.35. The highest BCUT2D eigenvalue weighted by molar-refractivity contribution is 6.05. The van der Waals surface area contributed by atoms with E-state index >= 15 is 0 Å². The lowest BCUT2D eigenvalue weighted by Gasteiger charge is -2.14. The SMILES string of the molecule is C=C(C#N)CN1Cc2c(-c3ccc4ccn(C)c4c3)ccc(N)c2C1=O. The Hall–Kier alpha value is -3.52. The van der Waals surface area contributed by atoms with Gasteiger partial charge in [-0.15, -0.1) is 0 Å². The fourth-order valence-corrected chi connectivity index (χ4v) is 3.60. The molecule has 1 aliphatic rings. The number of carbonyl (C=O) groups is 1. The van der Waals surface area contributed by atoms with E-state index in [-0.39, 0.29) is 12.5 Å². The Labute approximate surface area is 151 Å². The van der Waals surface area contributed by atoms with Gasteiger partial charge in [0.15, 0.2) is 0 Å². The van der Waals surface area contributed by atoms with E-state index in [1.807, 2.05) is 25.4 Å². The molecule has 0 unspecified atom stereocenters. The molecule has 5 heteroatoms. The molecule has 2 N–H and O–H groups in total. The van der Waals surface area contributed by atoms with E-state index in [2.05, 4.69) is 35.4 Å². The lowest BCUT2D eigenvalue weighted by atomic mass is 9.95. The fourth-order valence-electron chi connectivity index (χ4n) is 3.60. The Morgan fingerprint density at radius 1 is 1.31 bits per heavy atom. The fraction of sp³-hybridized carbons (Fsp3) is 0.143. The normalized spacial score (nSPS) is 13.1. The maximum Gasteiger partial charge on any atom is 0.256 e. The Balaban J connectivity index is 1.83. The van der Waals surface area contributed by atoms with Gasteiger partial charge in [-0.05, 0) is 40.3 Å². The van der Waals surface area contributed by atoms with E-state index in [0.717, 1.165) is 22.2 Å². The van der Waals surface area contributed by atoms with Crippen LogP contribution in [0.2, 0.25) is 0 Å². The molecule has 0 aliphatic carbocycles. The number of hydrogen-bond donors (Lipinski definition) is 1. The number of hydrogen-bond acceptors (Lipinski definition) is 3. The van der Waals surface area contributed by atoms with E-state index in [0.29, 0.717) is 23.4 Å². The lowest BCUT2D eigenvalue weighted by Crippen LogP contribution is -2.26. The molecule has 1 amide bonds. The van der Waals surface area contributed by atoms with E-state index in [4.69, 9.17) is 11.0 Å². The van der Waals surface area contributed by atoms with Gasteiger partial charge in [-0.2, -0.15) is 5.26 Å². The summed E-state index contributed by atoms with van der Waals surface area (Å²) in [7, 11) is 2.01. The molecule has 2 heterocycles. The summed E-state index contributed by atoms with van der Waals surface area (Å²) in [5.41, 5.74) is 11.5. The topological polar surface area (TPSA) is 75.1 Å². The van der Waals surface area contributed by atoms with Gasteiger partial charge in [0.25, 0.3) is 5.91 Å². The van der Waals surface area contributed by atoms with Crippen molar-refractivity contribution in [3.8, 4) is 17.2 Å². The molecule has 0 spiro atoms. The molecule has 1 aromatic heterocycles. The maximum atomic E-state index is 12.8. The maximum absolute atomic E-state index is 12.8. The minimum atomic E-state index is -0.143. The second kappa shape index (κ2) is 5.78. The molecule has 0 saturated carbocycles. The number of nitrogens with zero attached hydrogens (tertiary/aromatic N) is 3. The molecule has 128 valence electrons. The molecule has 4 rings (SSSR count). The molecule has 26 heavy (non-hydrogen) atoms. The van der Waals surface area contributed by atoms with Gasteiger partial charge in [0.2, 0.25) is 0 Å². The van der Waals surface area contributed by atoms with Crippen LogP contribution >= 0.6 is 0 Å². The highest BCUT2D eigenvalue weighted by atomic mass is 16.2. The van der Waals surface area contributed by atoms with Crippen molar-refractivity contribution >= 4 is 22.5 Å². The number of nitrogens with two attached hydrogens (primary N) is 1. The first-order valence-electron chi connectivity index (χ1n) is 8.33. The summed E-state index contributed by atoms with van der Waals surface area (Å²) < 4.78 is 2.07. The van der Waals surface area contributed by atoms with Crippen molar-refractivity contribution in [1.82, 2.24) is 9.47 Å². The minimum Gasteiger partial charge on any atom is -0.398 e. The van der Waals surface area contributed by atoms with Gasteiger partial charge < -0.3 is 15.2 Å². The molecule has 5 nitrogen and oxygen atoms in total. The largest absolute Gasteiger partial charge is 0.398 e. The van der Waals surface area contributed by atoms with Crippen molar-refractivity contribution < 1.29 is 4.79 Å². The predicted molar refractivity (Wildman–Crippen MR) is 102 cm³/mol. The zero-order chi connectivity index (χ0) is 18.4. The first-order chi connectivity index (χ1) is 12.5. The van der Waals surface area contributed by atoms with Gasteiger partial charge in [-0.3, -0.25) is 4.79 Å². The van der Waals surface area contributed by atoms with Crippen LogP contribution in [0.3, 0.4) is 0 Å². The summed E-state index contributed by atoms with van der Waals surface area (Å²) in [4.78, 5) is 14.4. The molecular weight excluding hydrogens is 324 g/mol. The summed E-state index contributed by atoms with van der Waals surface area (Å²) in [6, 6.07) is 14.1. The van der Waals surface area contributed by atoms with E-state index in [9.17, 15) is 4.79 Å². The monoisotopic (exact) mass is 342 g/mol. The molecule has 0 atom stereocenters. The summed E-state index contributed by atoms with van der Waals surface area (Å²) in [6.07, 6.45) is 2.03. The van der Waals surface area contributed by atoms with Crippen LogP contribution in [0.5, 0.6) is 0 Å². The van der Waals surface area contributed by atoms with E-state index in [1.54, 1.807) is 11.0 Å². The van der Waals surface area contributed by atoms with Crippen LogP contribution in [-0.2, 0) is 13.6 Å². The molecule has 1 aliphatic heterocycles. The average molecular weight is 342 g/mol. The third-order valence-electron chi connectivity index (χ3n) is 4.93. The van der Waals surface area contributed by atoms with Crippen LogP contribution < -0.4 is 5.73 Å². The van der Waals surface area contributed by atoms with Crippen molar-refractivity contribution in [3.05, 3.63) is 65.9 Å². The van der Waals surface area contributed by atoms with Gasteiger partial charge in [-0.1, -0.05) is 24.8 Å². The third-order valence-corrected chi connectivity index (χ3v) is 4.93. The summed E-state index contributed by atoms with van der Waals surface area (Å²) in [5.74, 6) is -0.143. The van der Waals surface area contributed by atoms with Crippen molar-refractivity contribution in [2.75, 3.05) is 12.3 Å². The molecule has 0 radical (unpaired) electrons. The van der Waals surface area contributed by atoms with Crippen LogP contribution in [-0.4, -0.2) is 21.9 Å². The predicted octanol–water partition coefficient (Wildman–Crippen LogP) is 3.46. The number of aromatic nitrogens is 1. The standard InChI is InChI=1S/C21H18N4O/c1-13(10-22)11-25-12-17-16(5-6-18(23)20(17)21(25)26)15-4-3-14-7-8-24(2)19(14)9-15/h3-9H,1,11-12,23H2,2H3. The quantitative estimate of drug-likeness (QED) is 0.585. The van der Waals surface area contributed by atoms with Crippen molar-refractivity contribution in [1.29, 1.82) is 5.26 Å². The molecule has 3 aromatic rings. The highest BCUT2D eigenvalue weighted by Gasteiger charge is 2.32. The molecular formula is C21H18N4O. The number of aryl methyl sites for hydroxylation is 1. The van der Waals surface area contributed by atoms with Gasteiger partial charge >= 0.3 is 0 Å². The van der Waals surface area contributed by atoms with Crippen LogP contribution in [0.15, 0.2) is 54.7 Å². The van der Waals surface area contributed by atoms with Crippen LogP contribution in [0.25, 0.3) is 22.0 Å². The Kier molecular flexibility index (Phi) is 3.55. The first kappa shape index (κ1) is 16.0. The van der Waals surface area contributed by atoms with Crippen LogP contribution in [0.4, 0.5) is 5.69 Å². The minimum absolute atomic E-state index is 0.143. The van der Waals surface area contributed by atoms with Gasteiger partial charge in [-0.25, -0.2) is 0 Å². The number of nitrogen functional groups attached to an aromatic ring is 1. The molecule has 2 aromatic carbocycles. The van der Waals surface area contributed by atoms with Crippen LogP contribution in [0, 0.1) is 11.3 Å². The number of carbonyl (C=O) groups excluding carboxylic acids is 1. The summed E-state index contributed by atoms with van der Waals surface area (Å²) in [6.45, 7) is 4.34. The highest BCUT2D eigenvalue weighted by Crippen LogP contribution is 2.37. The summed E-state index contributed by atoms with van der Waals surface area (Å²) in [5, 5.41) is 10.1. The number of amides is 1. The Morgan fingerprint density at radius 3 is 2.88 bits per heavy atom. The van der Waals surface area contributed by atoms with E-state index in [1.165, 1.54) is 5.39 Å². The zero-order valence-corrected chi connectivity index (χ0v) is 14.5. The smallest absolute Gasteiger partial charge is 0.256 e. The summed E-state index contributed by atoms with van der Waals surface area (Å²) >= 11 is 0. The second-order valence-corrected chi connectivity index (χ2v) is 6.63. The van der Waals surface area contributed by atoms with Crippen LogP contribution in [0.1, 0.15) is 15.9 Å². The van der Waals surface area contributed by atoms with Gasteiger partial charge in [0.05, 0.1) is 18.2 Å². The number of nitriles is 1. The molecule has 0 fully saturated rings. The average Bonchev–Trinajstić information content (AvgIpc) is 3.16. The van der Waals surface area contributed by atoms with E-state index < -0.39 is 0 Å². The van der Waals surface area contributed by atoms with Gasteiger partial charge in [0.1, 0.15) is 0 Å². The zero-order valence-electron chi connectivity index (χ0n) is 14.5. The van der Waals surface area contributed by atoms with Gasteiger partial charge in [0, 0.05) is 36.6 Å². The van der Waals surface area contributed by atoms with Crippen molar-refractivity contribution in [2.45, 2.75) is 6.54 Å². The van der Waals surface area contributed by atoms with Crippen molar-refractivity contribution in [2.24, 2.45) is 7.05 Å². The second-order valence-electron chi connectivity index (χ2n) is 6.63. The number of benzene rings is 2. The number of anilines is 1. The lowest BCUT2D eigenvalue weighted by molar-refractivity contribution is 0.0795. The Morgan fingerprint density at radius 2 is 2.12 bits per heavy atom. The number of fused-ring (bicyclic) bond motifs is 2. The molecule has 0 saturated heterocycles.